The number of hydrogen-bond acceptors (Lipinski definition) is 7. The maximum atomic E-state index is 14.3. The molecule has 0 unspecified atom stereocenters. The van der Waals surface area contributed by atoms with Crippen LogP contribution in [0.1, 0.15) is 35.3 Å². The molecule has 0 saturated carbocycles. The highest BCUT2D eigenvalue weighted by Crippen LogP contribution is 2.43. The molecule has 0 aliphatic carbocycles. The molecule has 1 aliphatic rings. The van der Waals surface area contributed by atoms with Gasteiger partial charge in [-0.05, 0) is 30.2 Å². The van der Waals surface area contributed by atoms with Gasteiger partial charge in [-0.3, -0.25) is 9.69 Å². The van der Waals surface area contributed by atoms with Crippen LogP contribution in [0.15, 0.2) is 36.7 Å². The lowest BCUT2D eigenvalue weighted by Crippen LogP contribution is -2.28. The molecule has 1 atom stereocenters. The SMILES string of the molecule is CC[C@H]1c2cc(OC)c(OC)cc2C(=O)N1c1cc(F)nc(-c2ncccn2)n1. The number of carbonyl (C=O) groups is 1. The monoisotopic (exact) mass is 395 g/mol. The standard InChI is InChI=1S/C20H18FN5O3/c1-4-13-11-8-14(28-2)15(29-3)9-12(11)20(27)26(13)17-10-16(21)24-19(25-17)18-22-6-5-7-23-18/h5-10,13H,4H2,1-3H3/t13-/m0/s1. The Balaban J connectivity index is 1.83. The van der Waals surface area contributed by atoms with Crippen molar-refractivity contribution in [1.82, 2.24) is 19.9 Å². The summed E-state index contributed by atoms with van der Waals surface area (Å²) in [4.78, 5) is 30.9. The van der Waals surface area contributed by atoms with E-state index in [0.29, 0.717) is 23.5 Å². The van der Waals surface area contributed by atoms with Gasteiger partial charge in [-0.15, -0.1) is 0 Å². The molecule has 148 valence electrons. The molecule has 9 heteroatoms. The maximum Gasteiger partial charge on any atom is 0.260 e. The number of nitrogens with zero attached hydrogens (tertiary/aromatic N) is 5. The highest BCUT2D eigenvalue weighted by atomic mass is 19.1. The maximum absolute atomic E-state index is 14.3. The minimum absolute atomic E-state index is 0.00868. The van der Waals surface area contributed by atoms with Gasteiger partial charge < -0.3 is 9.47 Å². The fourth-order valence-corrected chi connectivity index (χ4v) is 3.48. The molecular weight excluding hydrogens is 377 g/mol. The third kappa shape index (κ3) is 3.14. The number of methoxy groups -OCH3 is 2. The Morgan fingerprint density at radius 2 is 1.72 bits per heavy atom. The number of amides is 1. The van der Waals surface area contributed by atoms with Crippen LogP contribution in [0.5, 0.6) is 11.5 Å². The number of ether oxygens (including phenoxy) is 2. The van der Waals surface area contributed by atoms with E-state index >= 15 is 0 Å². The molecule has 3 aromatic rings. The molecule has 1 aromatic carbocycles. The molecule has 0 saturated heterocycles. The van der Waals surface area contributed by atoms with Crippen molar-refractivity contribution in [2.45, 2.75) is 19.4 Å². The Hall–Kier alpha value is -3.62. The second kappa shape index (κ2) is 7.42. The van der Waals surface area contributed by atoms with Crippen molar-refractivity contribution in [3.8, 4) is 23.1 Å². The van der Waals surface area contributed by atoms with E-state index in [0.717, 1.165) is 11.6 Å². The Bertz CT molecular complexity index is 1080. The van der Waals surface area contributed by atoms with Crippen LogP contribution in [0.2, 0.25) is 0 Å². The summed E-state index contributed by atoms with van der Waals surface area (Å²) >= 11 is 0. The minimum Gasteiger partial charge on any atom is -0.493 e. The molecule has 0 bridgehead atoms. The number of rotatable bonds is 5. The van der Waals surface area contributed by atoms with Gasteiger partial charge >= 0.3 is 0 Å². The molecule has 8 nitrogen and oxygen atoms in total. The first-order valence-electron chi connectivity index (χ1n) is 8.98. The number of fused-ring (bicyclic) bond motifs is 1. The van der Waals surface area contributed by atoms with Gasteiger partial charge in [-0.25, -0.2) is 15.0 Å². The summed E-state index contributed by atoms with van der Waals surface area (Å²) in [5.41, 5.74) is 1.23. The van der Waals surface area contributed by atoms with Gasteiger partial charge in [0.1, 0.15) is 5.82 Å². The van der Waals surface area contributed by atoms with E-state index in [2.05, 4.69) is 19.9 Å². The van der Waals surface area contributed by atoms with Crippen LogP contribution >= 0.6 is 0 Å². The Labute approximate surface area is 166 Å². The van der Waals surface area contributed by atoms with Gasteiger partial charge in [0.2, 0.25) is 11.8 Å². The number of aromatic nitrogens is 4. The molecule has 3 heterocycles. The lowest BCUT2D eigenvalue weighted by atomic mass is 10.0. The second-order valence-corrected chi connectivity index (χ2v) is 6.34. The molecule has 0 radical (unpaired) electrons. The van der Waals surface area contributed by atoms with Crippen molar-refractivity contribution in [2.24, 2.45) is 0 Å². The summed E-state index contributed by atoms with van der Waals surface area (Å²) in [6, 6.07) is 5.85. The van der Waals surface area contributed by atoms with Crippen molar-refractivity contribution >= 4 is 11.7 Å². The molecule has 0 spiro atoms. The van der Waals surface area contributed by atoms with Crippen molar-refractivity contribution in [3.05, 3.63) is 53.7 Å². The third-order valence-electron chi connectivity index (χ3n) is 4.76. The fourth-order valence-electron chi connectivity index (χ4n) is 3.48. The largest absolute Gasteiger partial charge is 0.493 e. The van der Waals surface area contributed by atoms with Gasteiger partial charge in [-0.2, -0.15) is 9.37 Å². The van der Waals surface area contributed by atoms with E-state index in [9.17, 15) is 9.18 Å². The van der Waals surface area contributed by atoms with Crippen molar-refractivity contribution in [1.29, 1.82) is 0 Å². The first kappa shape index (κ1) is 18.7. The van der Waals surface area contributed by atoms with Crippen LogP contribution in [0, 0.1) is 5.95 Å². The van der Waals surface area contributed by atoms with E-state index in [4.69, 9.17) is 9.47 Å². The van der Waals surface area contributed by atoms with Crippen LogP contribution in [0.4, 0.5) is 10.2 Å². The summed E-state index contributed by atoms with van der Waals surface area (Å²) in [5.74, 6) is 0.223. The molecular formula is C20H18FN5O3. The molecule has 1 aliphatic heterocycles. The summed E-state index contributed by atoms with van der Waals surface area (Å²) in [6.45, 7) is 1.94. The number of carbonyl (C=O) groups excluding carboxylic acids is 1. The average molecular weight is 395 g/mol. The van der Waals surface area contributed by atoms with E-state index in [1.165, 1.54) is 31.5 Å². The van der Waals surface area contributed by atoms with Gasteiger partial charge in [0, 0.05) is 24.0 Å². The minimum atomic E-state index is -0.772. The molecule has 29 heavy (non-hydrogen) atoms. The summed E-state index contributed by atoms with van der Waals surface area (Å²) in [5, 5.41) is 0. The molecule has 4 rings (SSSR count). The predicted octanol–water partition coefficient (Wildman–Crippen LogP) is 3.20. The summed E-state index contributed by atoms with van der Waals surface area (Å²) in [6.07, 6.45) is 3.62. The fraction of sp³-hybridized carbons (Fsp3) is 0.250. The Kier molecular flexibility index (Phi) is 4.79. The van der Waals surface area contributed by atoms with Crippen LogP contribution in [0.25, 0.3) is 11.6 Å². The highest BCUT2D eigenvalue weighted by Gasteiger charge is 2.39. The van der Waals surface area contributed by atoms with Crippen LogP contribution in [0.3, 0.4) is 0 Å². The summed E-state index contributed by atoms with van der Waals surface area (Å²) in [7, 11) is 3.04. The molecule has 2 aromatic heterocycles. The van der Waals surface area contributed by atoms with Gasteiger partial charge in [0.05, 0.1) is 20.3 Å². The summed E-state index contributed by atoms with van der Waals surface area (Å²) < 4.78 is 25.0. The first-order valence-corrected chi connectivity index (χ1v) is 8.98. The number of anilines is 1. The lowest BCUT2D eigenvalue weighted by Gasteiger charge is -2.23. The van der Waals surface area contributed by atoms with Crippen molar-refractivity contribution in [3.63, 3.8) is 0 Å². The third-order valence-corrected chi connectivity index (χ3v) is 4.76. The quantitative estimate of drug-likeness (QED) is 0.613. The van der Waals surface area contributed by atoms with Crippen LogP contribution in [-0.2, 0) is 0 Å². The zero-order valence-electron chi connectivity index (χ0n) is 16.1. The van der Waals surface area contributed by atoms with E-state index < -0.39 is 5.95 Å². The van der Waals surface area contributed by atoms with Crippen LogP contribution < -0.4 is 14.4 Å². The number of hydrogen-bond donors (Lipinski definition) is 0. The number of halogens is 1. The van der Waals surface area contributed by atoms with E-state index in [1.807, 2.05) is 6.92 Å². The Morgan fingerprint density at radius 3 is 2.38 bits per heavy atom. The Morgan fingerprint density at radius 1 is 1.03 bits per heavy atom. The zero-order valence-corrected chi connectivity index (χ0v) is 16.1. The normalized spacial score (nSPS) is 15.4. The predicted molar refractivity (Wildman–Crippen MR) is 102 cm³/mol. The van der Waals surface area contributed by atoms with Gasteiger partial charge in [-0.1, -0.05) is 6.92 Å². The van der Waals surface area contributed by atoms with Crippen molar-refractivity contribution in [2.75, 3.05) is 19.1 Å². The topological polar surface area (TPSA) is 90.3 Å². The highest BCUT2D eigenvalue weighted by molar-refractivity contribution is 6.11. The van der Waals surface area contributed by atoms with E-state index in [1.54, 1.807) is 18.2 Å². The van der Waals surface area contributed by atoms with Gasteiger partial charge in [0.25, 0.3) is 5.91 Å². The second-order valence-electron chi connectivity index (χ2n) is 6.34. The van der Waals surface area contributed by atoms with Gasteiger partial charge in [0.15, 0.2) is 17.3 Å². The molecule has 1 amide bonds. The van der Waals surface area contributed by atoms with Crippen LogP contribution in [-0.4, -0.2) is 40.1 Å². The smallest absolute Gasteiger partial charge is 0.260 e. The lowest BCUT2D eigenvalue weighted by molar-refractivity contribution is 0.0989. The van der Waals surface area contributed by atoms with E-state index in [-0.39, 0.29) is 29.4 Å². The van der Waals surface area contributed by atoms with Crippen molar-refractivity contribution < 1.29 is 18.7 Å². The number of benzene rings is 1. The zero-order chi connectivity index (χ0) is 20.5. The average Bonchev–Trinajstić information content (AvgIpc) is 3.03. The first-order chi connectivity index (χ1) is 14.1. The molecule has 0 N–H and O–H groups in total. The molecule has 0 fully saturated rings.